The van der Waals surface area contributed by atoms with Gasteiger partial charge in [-0.3, -0.25) is 4.79 Å². The summed E-state index contributed by atoms with van der Waals surface area (Å²) in [6, 6.07) is 2.03. The van der Waals surface area contributed by atoms with Crippen LogP contribution >= 0.6 is 0 Å². The van der Waals surface area contributed by atoms with Gasteiger partial charge in [-0.05, 0) is 36.5 Å². The van der Waals surface area contributed by atoms with Crippen LogP contribution in [0.1, 0.15) is 32.3 Å². The van der Waals surface area contributed by atoms with Gasteiger partial charge in [0.25, 0.3) is 0 Å². The molecule has 27 heavy (non-hydrogen) atoms. The van der Waals surface area contributed by atoms with Crippen LogP contribution in [0.25, 0.3) is 0 Å². The van der Waals surface area contributed by atoms with Gasteiger partial charge in [-0.25, -0.2) is 17.2 Å². The highest BCUT2D eigenvalue weighted by atomic mass is 32.2. The molecule has 1 aromatic carbocycles. The van der Waals surface area contributed by atoms with Crippen molar-refractivity contribution in [1.29, 1.82) is 0 Å². The molecular formula is C18H28F2N2O4S. The zero-order valence-electron chi connectivity index (χ0n) is 15.6. The first-order chi connectivity index (χ1) is 12.5. The van der Waals surface area contributed by atoms with E-state index in [1.807, 2.05) is 13.8 Å². The van der Waals surface area contributed by atoms with Crippen LogP contribution in [-0.4, -0.2) is 49.6 Å². The van der Waals surface area contributed by atoms with E-state index in [0.29, 0.717) is 6.42 Å². The minimum Gasteiger partial charge on any atom is -0.390 e. The third-order valence-corrected chi connectivity index (χ3v) is 5.76. The average Bonchev–Trinajstić information content (AvgIpc) is 2.56. The van der Waals surface area contributed by atoms with Crippen LogP contribution < -0.4 is 11.1 Å². The van der Waals surface area contributed by atoms with Crippen molar-refractivity contribution in [1.82, 2.24) is 5.32 Å². The Labute approximate surface area is 159 Å². The van der Waals surface area contributed by atoms with Crippen molar-refractivity contribution in [2.24, 2.45) is 11.7 Å². The molecule has 6 nitrogen and oxygen atoms in total. The van der Waals surface area contributed by atoms with E-state index in [4.69, 9.17) is 5.73 Å². The number of nitrogens with two attached hydrogens (primary N) is 1. The predicted molar refractivity (Wildman–Crippen MR) is 99.8 cm³/mol. The lowest BCUT2D eigenvalue weighted by Gasteiger charge is -2.23. The minimum atomic E-state index is -3.35. The smallest absolute Gasteiger partial charge is 0.221 e. The summed E-state index contributed by atoms with van der Waals surface area (Å²) < 4.78 is 50.5. The van der Waals surface area contributed by atoms with Crippen LogP contribution in [-0.2, 0) is 21.1 Å². The lowest BCUT2D eigenvalue weighted by atomic mass is 10.0. The summed E-state index contributed by atoms with van der Waals surface area (Å²) in [7, 11) is -3.35. The Balaban J connectivity index is 2.69. The van der Waals surface area contributed by atoms with Crippen molar-refractivity contribution in [2.45, 2.75) is 45.3 Å². The molecular weight excluding hydrogens is 378 g/mol. The first kappa shape index (κ1) is 23.5. The topological polar surface area (TPSA) is 109 Å². The van der Waals surface area contributed by atoms with Crippen molar-refractivity contribution < 1.29 is 27.1 Å². The summed E-state index contributed by atoms with van der Waals surface area (Å²) in [6.07, 6.45) is -0.924. The SMILES string of the molecule is CC(C)CCS(=O)(=O)CCC(=O)N[C@@H](Cc1cc(F)cc(F)c1)[C@H](O)CN. The standard InChI is InChI=1S/C18H28F2N2O4S/c1-12(2)3-5-27(25,26)6-4-18(24)22-16(17(23)11-21)9-13-7-14(19)10-15(20)8-13/h7-8,10,12,16-17,23H,3-6,9,11,21H2,1-2H3,(H,22,24)/t16-,17+/m0/s1. The zero-order valence-corrected chi connectivity index (χ0v) is 16.4. The number of carbonyl (C=O) groups is 1. The predicted octanol–water partition coefficient (Wildman–Crippen LogP) is 1.16. The number of nitrogens with one attached hydrogen (secondary N) is 1. The molecule has 9 heteroatoms. The molecule has 0 saturated heterocycles. The molecule has 0 aliphatic heterocycles. The van der Waals surface area contributed by atoms with Crippen LogP contribution in [0, 0.1) is 17.6 Å². The van der Waals surface area contributed by atoms with Crippen LogP contribution in [0.4, 0.5) is 8.78 Å². The van der Waals surface area contributed by atoms with E-state index in [-0.39, 0.29) is 42.4 Å². The number of carbonyl (C=O) groups excluding carboxylic acids is 1. The number of benzene rings is 1. The van der Waals surface area contributed by atoms with Gasteiger partial charge in [0, 0.05) is 19.0 Å². The molecule has 0 fully saturated rings. The fraction of sp³-hybridized carbons (Fsp3) is 0.611. The van der Waals surface area contributed by atoms with Gasteiger partial charge in [0.15, 0.2) is 9.84 Å². The zero-order chi connectivity index (χ0) is 20.6. The molecule has 0 aliphatic carbocycles. The molecule has 0 unspecified atom stereocenters. The summed E-state index contributed by atoms with van der Waals surface area (Å²) in [4.78, 5) is 12.1. The molecule has 2 atom stereocenters. The van der Waals surface area contributed by atoms with Crippen molar-refractivity contribution in [3.05, 3.63) is 35.4 Å². The van der Waals surface area contributed by atoms with E-state index in [1.54, 1.807) is 0 Å². The molecule has 0 aromatic heterocycles. The fourth-order valence-corrected chi connectivity index (χ4v) is 4.01. The Hall–Kier alpha value is -1.58. The molecule has 0 aliphatic rings. The molecule has 1 aromatic rings. The monoisotopic (exact) mass is 406 g/mol. The number of amides is 1. The number of hydrogen-bond acceptors (Lipinski definition) is 5. The number of rotatable bonds is 11. The van der Waals surface area contributed by atoms with Crippen LogP contribution in [0.15, 0.2) is 18.2 Å². The van der Waals surface area contributed by atoms with E-state index in [0.717, 1.165) is 18.2 Å². The van der Waals surface area contributed by atoms with E-state index in [2.05, 4.69) is 5.32 Å². The molecule has 0 saturated carbocycles. The van der Waals surface area contributed by atoms with Crippen LogP contribution in [0.2, 0.25) is 0 Å². The van der Waals surface area contributed by atoms with E-state index in [9.17, 15) is 27.1 Å². The molecule has 0 heterocycles. The minimum absolute atomic E-state index is 0.00929. The van der Waals surface area contributed by atoms with E-state index >= 15 is 0 Å². The molecule has 0 radical (unpaired) electrons. The van der Waals surface area contributed by atoms with Crippen molar-refractivity contribution in [2.75, 3.05) is 18.1 Å². The Kier molecular flexibility index (Phi) is 9.28. The first-order valence-electron chi connectivity index (χ1n) is 8.85. The Morgan fingerprint density at radius 1 is 1.19 bits per heavy atom. The quantitative estimate of drug-likeness (QED) is 0.511. The van der Waals surface area contributed by atoms with Gasteiger partial charge < -0.3 is 16.2 Å². The van der Waals surface area contributed by atoms with Gasteiger partial charge in [-0.15, -0.1) is 0 Å². The van der Waals surface area contributed by atoms with Gasteiger partial charge in [0.05, 0.1) is 23.7 Å². The molecule has 0 bridgehead atoms. The van der Waals surface area contributed by atoms with Gasteiger partial charge in [-0.1, -0.05) is 13.8 Å². The maximum absolute atomic E-state index is 13.3. The second-order valence-corrected chi connectivity index (χ2v) is 9.35. The normalized spacial score (nSPS) is 14.2. The number of halogens is 2. The Bertz CT molecular complexity index is 706. The third-order valence-electron chi connectivity index (χ3n) is 4.08. The van der Waals surface area contributed by atoms with E-state index in [1.165, 1.54) is 0 Å². The summed E-state index contributed by atoms with van der Waals surface area (Å²) in [6.45, 7) is 3.65. The van der Waals surface area contributed by atoms with Crippen molar-refractivity contribution in [3.63, 3.8) is 0 Å². The lowest BCUT2D eigenvalue weighted by molar-refractivity contribution is -0.122. The maximum Gasteiger partial charge on any atom is 0.221 e. The Morgan fingerprint density at radius 3 is 2.30 bits per heavy atom. The highest BCUT2D eigenvalue weighted by Crippen LogP contribution is 2.12. The number of aliphatic hydroxyl groups is 1. The second-order valence-electron chi connectivity index (χ2n) is 7.04. The summed E-state index contributed by atoms with van der Waals surface area (Å²) in [5.41, 5.74) is 5.67. The molecule has 154 valence electrons. The van der Waals surface area contributed by atoms with Gasteiger partial charge in [0.1, 0.15) is 11.6 Å². The van der Waals surface area contributed by atoms with Gasteiger partial charge in [-0.2, -0.15) is 0 Å². The molecule has 1 rings (SSSR count). The first-order valence-corrected chi connectivity index (χ1v) is 10.7. The highest BCUT2D eigenvalue weighted by Gasteiger charge is 2.22. The fourth-order valence-electron chi connectivity index (χ4n) is 2.47. The highest BCUT2D eigenvalue weighted by molar-refractivity contribution is 7.91. The maximum atomic E-state index is 13.3. The number of aliphatic hydroxyl groups excluding tert-OH is 1. The van der Waals surface area contributed by atoms with Crippen molar-refractivity contribution >= 4 is 15.7 Å². The average molecular weight is 406 g/mol. The van der Waals surface area contributed by atoms with Gasteiger partial charge >= 0.3 is 0 Å². The molecule has 4 N–H and O–H groups in total. The number of hydrogen-bond donors (Lipinski definition) is 3. The largest absolute Gasteiger partial charge is 0.390 e. The third kappa shape index (κ3) is 9.25. The summed E-state index contributed by atoms with van der Waals surface area (Å²) in [5.74, 6) is -2.16. The summed E-state index contributed by atoms with van der Waals surface area (Å²) >= 11 is 0. The number of sulfone groups is 1. The van der Waals surface area contributed by atoms with Gasteiger partial charge in [0.2, 0.25) is 5.91 Å². The molecule has 0 spiro atoms. The second kappa shape index (κ2) is 10.7. The summed E-state index contributed by atoms with van der Waals surface area (Å²) in [5, 5.41) is 12.5. The lowest BCUT2D eigenvalue weighted by Crippen LogP contribution is -2.48. The van der Waals surface area contributed by atoms with E-state index < -0.39 is 39.5 Å². The van der Waals surface area contributed by atoms with Crippen molar-refractivity contribution in [3.8, 4) is 0 Å². The Morgan fingerprint density at radius 2 is 1.78 bits per heavy atom. The van der Waals surface area contributed by atoms with Crippen LogP contribution in [0.5, 0.6) is 0 Å². The molecule has 1 amide bonds. The van der Waals surface area contributed by atoms with Crippen LogP contribution in [0.3, 0.4) is 0 Å².